The molecule has 114 valence electrons. The monoisotopic (exact) mass is 298 g/mol. The van der Waals surface area contributed by atoms with E-state index in [-0.39, 0.29) is 11.7 Å². The van der Waals surface area contributed by atoms with Gasteiger partial charge in [-0.15, -0.1) is 0 Å². The normalized spacial score (nSPS) is 9.95. The summed E-state index contributed by atoms with van der Waals surface area (Å²) in [4.78, 5) is 15.0. The number of carbonyl (C=O) groups is 1. The lowest BCUT2D eigenvalue weighted by Crippen LogP contribution is -2.22. The Labute approximate surface area is 129 Å². The molecule has 2 N–H and O–H groups in total. The van der Waals surface area contributed by atoms with Crippen LogP contribution in [0.5, 0.6) is 0 Å². The van der Waals surface area contributed by atoms with Crippen molar-refractivity contribution < 1.29 is 9.18 Å². The van der Waals surface area contributed by atoms with Crippen LogP contribution in [0.15, 0.2) is 54.6 Å². The molecule has 0 aliphatic heterocycles. The molecule has 1 heterocycles. The van der Waals surface area contributed by atoms with Crippen LogP contribution >= 0.6 is 0 Å². The van der Waals surface area contributed by atoms with E-state index in [9.17, 15) is 9.18 Å². The van der Waals surface area contributed by atoms with Gasteiger partial charge in [-0.05, 0) is 29.8 Å². The third kappa shape index (κ3) is 3.73. The van der Waals surface area contributed by atoms with Crippen molar-refractivity contribution in [3.63, 3.8) is 0 Å². The summed E-state index contributed by atoms with van der Waals surface area (Å²) in [5.41, 5.74) is 2.08. The molecule has 3 rings (SSSR count). The highest BCUT2D eigenvalue weighted by Crippen LogP contribution is 2.16. The molecule has 2 aromatic carbocycles. The SMILES string of the molecule is CC.O=C(NCc1ccccc1)c1cc2ccc(F)cc2[nH]1. The first-order chi connectivity index (χ1) is 10.7. The standard InChI is InChI=1S/C16H13FN2O.C2H6/c17-13-7-6-12-8-15(19-14(12)9-13)16(20)18-10-11-4-2-1-3-5-11;1-2/h1-9,19H,10H2,(H,18,20);1-2H3. The molecule has 0 saturated carbocycles. The van der Waals surface area contributed by atoms with Crippen molar-refractivity contribution in [2.75, 3.05) is 0 Å². The average molecular weight is 298 g/mol. The summed E-state index contributed by atoms with van der Waals surface area (Å²) in [6, 6.07) is 15.8. The molecule has 0 saturated heterocycles. The Morgan fingerprint density at radius 1 is 1.09 bits per heavy atom. The Balaban J connectivity index is 0.000000847. The number of carbonyl (C=O) groups excluding carboxylic acids is 1. The van der Waals surface area contributed by atoms with Crippen molar-refractivity contribution in [2.24, 2.45) is 0 Å². The maximum absolute atomic E-state index is 13.1. The fraction of sp³-hybridized carbons (Fsp3) is 0.167. The highest BCUT2D eigenvalue weighted by atomic mass is 19.1. The van der Waals surface area contributed by atoms with E-state index in [1.165, 1.54) is 12.1 Å². The molecule has 3 nitrogen and oxygen atoms in total. The van der Waals surface area contributed by atoms with Crippen molar-refractivity contribution >= 4 is 16.8 Å². The summed E-state index contributed by atoms with van der Waals surface area (Å²) in [5, 5.41) is 3.64. The fourth-order valence-corrected chi connectivity index (χ4v) is 2.10. The maximum Gasteiger partial charge on any atom is 0.267 e. The molecule has 0 aliphatic rings. The summed E-state index contributed by atoms with van der Waals surface area (Å²) < 4.78 is 13.1. The predicted octanol–water partition coefficient (Wildman–Crippen LogP) is 4.26. The number of benzene rings is 2. The second kappa shape index (κ2) is 7.41. The highest BCUT2D eigenvalue weighted by molar-refractivity contribution is 5.97. The van der Waals surface area contributed by atoms with Crippen LogP contribution in [0.2, 0.25) is 0 Å². The molecule has 22 heavy (non-hydrogen) atoms. The van der Waals surface area contributed by atoms with E-state index in [4.69, 9.17) is 0 Å². The summed E-state index contributed by atoms with van der Waals surface area (Å²) in [6.45, 7) is 4.46. The molecule has 1 amide bonds. The molecular weight excluding hydrogens is 279 g/mol. The molecule has 0 radical (unpaired) electrons. The summed E-state index contributed by atoms with van der Waals surface area (Å²) in [7, 11) is 0. The van der Waals surface area contributed by atoms with Gasteiger partial charge < -0.3 is 10.3 Å². The van der Waals surface area contributed by atoms with Gasteiger partial charge in [-0.3, -0.25) is 4.79 Å². The Kier molecular flexibility index (Phi) is 5.31. The number of amides is 1. The topological polar surface area (TPSA) is 44.9 Å². The van der Waals surface area contributed by atoms with E-state index in [2.05, 4.69) is 10.3 Å². The van der Waals surface area contributed by atoms with E-state index in [1.54, 1.807) is 12.1 Å². The van der Waals surface area contributed by atoms with E-state index in [0.717, 1.165) is 10.9 Å². The molecule has 3 aromatic rings. The number of aromatic nitrogens is 1. The highest BCUT2D eigenvalue weighted by Gasteiger charge is 2.09. The van der Waals surface area contributed by atoms with Crippen LogP contribution in [0.25, 0.3) is 10.9 Å². The van der Waals surface area contributed by atoms with Crippen molar-refractivity contribution in [1.29, 1.82) is 0 Å². The van der Waals surface area contributed by atoms with Crippen LogP contribution in [0, 0.1) is 5.82 Å². The van der Waals surface area contributed by atoms with Gasteiger partial charge in [0, 0.05) is 17.4 Å². The van der Waals surface area contributed by atoms with Gasteiger partial charge in [-0.2, -0.15) is 0 Å². The van der Waals surface area contributed by atoms with Gasteiger partial charge in [0.2, 0.25) is 0 Å². The van der Waals surface area contributed by atoms with Crippen molar-refractivity contribution in [3.05, 3.63) is 71.7 Å². The molecule has 0 unspecified atom stereocenters. The largest absolute Gasteiger partial charge is 0.350 e. The molecule has 4 heteroatoms. The second-order valence-electron chi connectivity index (χ2n) is 4.58. The Morgan fingerprint density at radius 2 is 1.82 bits per heavy atom. The van der Waals surface area contributed by atoms with E-state index < -0.39 is 0 Å². The number of rotatable bonds is 3. The lowest BCUT2D eigenvalue weighted by atomic mass is 10.2. The van der Waals surface area contributed by atoms with Gasteiger partial charge >= 0.3 is 0 Å². The molecule has 0 spiro atoms. The van der Waals surface area contributed by atoms with Gasteiger partial charge in [-0.1, -0.05) is 44.2 Å². The third-order valence-corrected chi connectivity index (χ3v) is 3.13. The molecule has 1 aromatic heterocycles. The van der Waals surface area contributed by atoms with E-state index >= 15 is 0 Å². The van der Waals surface area contributed by atoms with Gasteiger partial charge in [0.25, 0.3) is 5.91 Å². The van der Waals surface area contributed by atoms with Crippen molar-refractivity contribution in [3.8, 4) is 0 Å². The number of H-pyrrole nitrogens is 1. The minimum Gasteiger partial charge on any atom is -0.350 e. The van der Waals surface area contributed by atoms with Crippen LogP contribution in [0.1, 0.15) is 29.9 Å². The van der Waals surface area contributed by atoms with Gasteiger partial charge in [0.1, 0.15) is 11.5 Å². The van der Waals surface area contributed by atoms with Crippen LogP contribution in [-0.2, 0) is 6.54 Å². The zero-order valence-corrected chi connectivity index (χ0v) is 12.7. The lowest BCUT2D eigenvalue weighted by Gasteiger charge is -2.03. The first-order valence-corrected chi connectivity index (χ1v) is 7.33. The van der Waals surface area contributed by atoms with Gasteiger partial charge in [0.05, 0.1) is 0 Å². The molecule has 0 bridgehead atoms. The average Bonchev–Trinajstić information content (AvgIpc) is 2.98. The van der Waals surface area contributed by atoms with Crippen molar-refractivity contribution in [2.45, 2.75) is 20.4 Å². The first-order valence-electron chi connectivity index (χ1n) is 7.33. The Hall–Kier alpha value is -2.62. The number of hydrogen-bond donors (Lipinski definition) is 2. The maximum atomic E-state index is 13.1. The summed E-state index contributed by atoms with van der Waals surface area (Å²) in [5.74, 6) is -0.527. The predicted molar refractivity (Wildman–Crippen MR) is 87.2 cm³/mol. The number of nitrogens with one attached hydrogen (secondary N) is 2. The number of aromatic amines is 1. The van der Waals surface area contributed by atoms with Crippen LogP contribution in [-0.4, -0.2) is 10.9 Å². The smallest absolute Gasteiger partial charge is 0.267 e. The zero-order chi connectivity index (χ0) is 15.9. The number of hydrogen-bond acceptors (Lipinski definition) is 1. The third-order valence-electron chi connectivity index (χ3n) is 3.13. The van der Waals surface area contributed by atoms with Gasteiger partial charge in [0.15, 0.2) is 0 Å². The van der Waals surface area contributed by atoms with Crippen LogP contribution in [0.3, 0.4) is 0 Å². The van der Waals surface area contributed by atoms with Crippen LogP contribution in [0.4, 0.5) is 4.39 Å². The minimum atomic E-state index is -0.324. The summed E-state index contributed by atoms with van der Waals surface area (Å²) >= 11 is 0. The molecule has 0 atom stereocenters. The molecular formula is C18H19FN2O. The minimum absolute atomic E-state index is 0.203. The summed E-state index contributed by atoms with van der Waals surface area (Å²) in [6.07, 6.45) is 0. The van der Waals surface area contributed by atoms with E-state index in [1.807, 2.05) is 44.2 Å². The lowest BCUT2D eigenvalue weighted by molar-refractivity contribution is 0.0946. The Morgan fingerprint density at radius 3 is 2.55 bits per heavy atom. The first kappa shape index (κ1) is 15.8. The number of halogens is 1. The fourth-order valence-electron chi connectivity index (χ4n) is 2.10. The molecule has 0 aliphatic carbocycles. The zero-order valence-electron chi connectivity index (χ0n) is 12.7. The van der Waals surface area contributed by atoms with Crippen molar-refractivity contribution in [1.82, 2.24) is 10.3 Å². The van der Waals surface area contributed by atoms with Gasteiger partial charge in [-0.25, -0.2) is 4.39 Å². The Bertz CT molecular complexity index is 750. The molecule has 0 fully saturated rings. The quantitative estimate of drug-likeness (QED) is 0.745. The van der Waals surface area contributed by atoms with Crippen LogP contribution < -0.4 is 5.32 Å². The number of fused-ring (bicyclic) bond motifs is 1. The van der Waals surface area contributed by atoms with E-state index in [0.29, 0.717) is 17.8 Å². The second-order valence-corrected chi connectivity index (χ2v) is 4.58.